The molecule has 2 N–H and O–H groups in total. The van der Waals surface area contributed by atoms with E-state index in [9.17, 15) is 0 Å². The Balaban J connectivity index is 2.26. The molecule has 0 unspecified atom stereocenters. The minimum absolute atomic E-state index is 0.420. The van der Waals surface area contributed by atoms with Gasteiger partial charge in [0.25, 0.3) is 0 Å². The quantitative estimate of drug-likeness (QED) is 0.895. The lowest BCUT2D eigenvalue weighted by molar-refractivity contribution is 1.09. The molecule has 1 heterocycles. The molecule has 19 heavy (non-hydrogen) atoms. The van der Waals surface area contributed by atoms with Crippen molar-refractivity contribution < 1.29 is 0 Å². The molecule has 0 saturated heterocycles. The van der Waals surface area contributed by atoms with Gasteiger partial charge in [0.2, 0.25) is 5.95 Å². The standard InChI is InChI=1S/C13H12ClN5/c1-2-16-13-17-8-11(14)12(19-13)18-10-5-3-4-9(6-10)7-15/h3-6,8H,2H2,1H3,(H2,16,17,18,19). The van der Waals surface area contributed by atoms with Gasteiger partial charge in [0, 0.05) is 12.2 Å². The van der Waals surface area contributed by atoms with Gasteiger partial charge in [-0.15, -0.1) is 0 Å². The van der Waals surface area contributed by atoms with Crippen molar-refractivity contribution in [2.75, 3.05) is 17.2 Å². The Morgan fingerprint density at radius 2 is 2.26 bits per heavy atom. The van der Waals surface area contributed by atoms with Crippen molar-refractivity contribution in [3.05, 3.63) is 41.0 Å². The SMILES string of the molecule is CCNc1ncc(Cl)c(Nc2cccc(C#N)c2)n1. The first kappa shape index (κ1) is 13.1. The summed E-state index contributed by atoms with van der Waals surface area (Å²) in [6.45, 7) is 2.69. The lowest BCUT2D eigenvalue weighted by Crippen LogP contribution is -2.04. The maximum Gasteiger partial charge on any atom is 0.224 e. The van der Waals surface area contributed by atoms with Crippen LogP contribution in [0.1, 0.15) is 12.5 Å². The van der Waals surface area contributed by atoms with Crippen molar-refractivity contribution in [1.82, 2.24) is 9.97 Å². The summed E-state index contributed by atoms with van der Waals surface area (Å²) in [4.78, 5) is 8.32. The van der Waals surface area contributed by atoms with E-state index < -0.39 is 0 Å². The number of nitriles is 1. The van der Waals surface area contributed by atoms with E-state index in [4.69, 9.17) is 16.9 Å². The number of rotatable bonds is 4. The lowest BCUT2D eigenvalue weighted by Gasteiger charge is -2.09. The van der Waals surface area contributed by atoms with Crippen LogP contribution < -0.4 is 10.6 Å². The monoisotopic (exact) mass is 273 g/mol. The van der Waals surface area contributed by atoms with Gasteiger partial charge in [0.15, 0.2) is 5.82 Å². The Bertz CT molecular complexity index is 621. The van der Waals surface area contributed by atoms with Crippen molar-refractivity contribution in [2.45, 2.75) is 6.92 Å². The highest BCUT2D eigenvalue weighted by atomic mass is 35.5. The molecule has 6 heteroatoms. The first-order valence-electron chi connectivity index (χ1n) is 5.76. The van der Waals surface area contributed by atoms with Crippen LogP contribution >= 0.6 is 11.6 Å². The molecule has 0 aliphatic rings. The van der Waals surface area contributed by atoms with E-state index in [2.05, 4.69) is 26.7 Å². The Morgan fingerprint density at radius 3 is 3.00 bits per heavy atom. The molecule has 0 atom stereocenters. The molecule has 0 bridgehead atoms. The average Bonchev–Trinajstić information content (AvgIpc) is 2.43. The number of hydrogen-bond donors (Lipinski definition) is 2. The van der Waals surface area contributed by atoms with Crippen molar-refractivity contribution >= 4 is 29.1 Å². The molecule has 1 aromatic carbocycles. The van der Waals surface area contributed by atoms with Crippen molar-refractivity contribution in [3.8, 4) is 6.07 Å². The summed E-state index contributed by atoms with van der Waals surface area (Å²) in [5.41, 5.74) is 1.32. The fourth-order valence-corrected chi connectivity index (χ4v) is 1.64. The molecule has 0 fully saturated rings. The van der Waals surface area contributed by atoms with Crippen LogP contribution in [0, 0.1) is 11.3 Å². The van der Waals surface area contributed by atoms with Crippen LogP contribution in [-0.2, 0) is 0 Å². The second kappa shape index (κ2) is 6.03. The van der Waals surface area contributed by atoms with E-state index >= 15 is 0 Å². The summed E-state index contributed by atoms with van der Waals surface area (Å²) in [6.07, 6.45) is 1.53. The van der Waals surface area contributed by atoms with Crippen LogP contribution in [0.25, 0.3) is 0 Å². The number of aromatic nitrogens is 2. The van der Waals surface area contributed by atoms with E-state index in [0.29, 0.717) is 22.4 Å². The van der Waals surface area contributed by atoms with Crippen LogP contribution in [0.2, 0.25) is 5.02 Å². The number of hydrogen-bond acceptors (Lipinski definition) is 5. The Kier molecular flexibility index (Phi) is 4.16. The van der Waals surface area contributed by atoms with E-state index in [1.807, 2.05) is 13.0 Å². The first-order chi connectivity index (χ1) is 9.22. The average molecular weight is 274 g/mol. The van der Waals surface area contributed by atoms with E-state index in [1.165, 1.54) is 6.20 Å². The first-order valence-corrected chi connectivity index (χ1v) is 6.14. The van der Waals surface area contributed by atoms with E-state index in [0.717, 1.165) is 12.2 Å². The highest BCUT2D eigenvalue weighted by Crippen LogP contribution is 2.23. The highest BCUT2D eigenvalue weighted by molar-refractivity contribution is 6.32. The Labute approximate surface area is 116 Å². The van der Waals surface area contributed by atoms with Gasteiger partial charge in [-0.25, -0.2) is 4.98 Å². The number of benzene rings is 1. The maximum atomic E-state index is 8.86. The van der Waals surface area contributed by atoms with Crippen molar-refractivity contribution in [2.24, 2.45) is 0 Å². The van der Waals surface area contributed by atoms with Gasteiger partial charge in [-0.3, -0.25) is 0 Å². The third-order valence-corrected chi connectivity index (χ3v) is 2.61. The minimum Gasteiger partial charge on any atom is -0.354 e. The predicted octanol–water partition coefficient (Wildman–Crippen LogP) is 3.18. The molecule has 2 aromatic rings. The lowest BCUT2D eigenvalue weighted by atomic mass is 10.2. The zero-order chi connectivity index (χ0) is 13.7. The Morgan fingerprint density at radius 1 is 1.42 bits per heavy atom. The van der Waals surface area contributed by atoms with Gasteiger partial charge in [-0.05, 0) is 25.1 Å². The molecule has 0 aliphatic heterocycles. The van der Waals surface area contributed by atoms with Gasteiger partial charge >= 0.3 is 0 Å². The van der Waals surface area contributed by atoms with Gasteiger partial charge in [0.1, 0.15) is 5.02 Å². The molecule has 0 spiro atoms. The van der Waals surface area contributed by atoms with Gasteiger partial charge in [0.05, 0.1) is 17.8 Å². The molecule has 0 radical (unpaired) electrons. The van der Waals surface area contributed by atoms with Crippen molar-refractivity contribution in [1.29, 1.82) is 5.26 Å². The fraction of sp³-hybridized carbons (Fsp3) is 0.154. The zero-order valence-electron chi connectivity index (χ0n) is 10.3. The van der Waals surface area contributed by atoms with Crippen LogP contribution in [0.15, 0.2) is 30.5 Å². The summed E-state index contributed by atoms with van der Waals surface area (Å²) in [5.74, 6) is 1.01. The molecule has 1 aromatic heterocycles. The highest BCUT2D eigenvalue weighted by Gasteiger charge is 2.05. The third kappa shape index (κ3) is 3.33. The number of anilines is 3. The number of nitrogens with zero attached hydrogens (tertiary/aromatic N) is 3. The molecule has 0 aliphatic carbocycles. The maximum absolute atomic E-state index is 8.86. The molecule has 2 rings (SSSR count). The van der Waals surface area contributed by atoms with E-state index in [-0.39, 0.29) is 0 Å². The molecule has 0 amide bonds. The molecule has 5 nitrogen and oxygen atoms in total. The summed E-state index contributed by atoms with van der Waals surface area (Å²) in [5, 5.41) is 15.4. The third-order valence-electron chi connectivity index (χ3n) is 2.33. The van der Waals surface area contributed by atoms with Crippen LogP contribution in [0.4, 0.5) is 17.5 Å². The summed E-state index contributed by atoms with van der Waals surface area (Å²) in [7, 11) is 0. The van der Waals surface area contributed by atoms with Gasteiger partial charge in [-0.1, -0.05) is 17.7 Å². The topological polar surface area (TPSA) is 73.6 Å². The summed E-state index contributed by atoms with van der Waals surface area (Å²) in [6, 6.07) is 9.17. The number of halogens is 1. The molecular weight excluding hydrogens is 262 g/mol. The predicted molar refractivity (Wildman–Crippen MR) is 75.6 cm³/mol. The van der Waals surface area contributed by atoms with Crippen molar-refractivity contribution in [3.63, 3.8) is 0 Å². The van der Waals surface area contributed by atoms with Crippen LogP contribution in [-0.4, -0.2) is 16.5 Å². The van der Waals surface area contributed by atoms with Gasteiger partial charge < -0.3 is 10.6 Å². The zero-order valence-corrected chi connectivity index (χ0v) is 11.1. The molecular formula is C13H12ClN5. The molecule has 0 saturated carbocycles. The Hall–Kier alpha value is -2.32. The second-order valence-electron chi connectivity index (χ2n) is 3.74. The van der Waals surface area contributed by atoms with Gasteiger partial charge in [-0.2, -0.15) is 10.2 Å². The summed E-state index contributed by atoms with van der Waals surface area (Å²) >= 11 is 6.04. The van der Waals surface area contributed by atoms with E-state index in [1.54, 1.807) is 18.2 Å². The van der Waals surface area contributed by atoms with Crippen LogP contribution in [0.3, 0.4) is 0 Å². The largest absolute Gasteiger partial charge is 0.354 e. The minimum atomic E-state index is 0.420. The summed E-state index contributed by atoms with van der Waals surface area (Å²) < 4.78 is 0. The normalized spacial score (nSPS) is 9.74. The number of nitrogens with one attached hydrogen (secondary N) is 2. The fourth-order valence-electron chi connectivity index (χ4n) is 1.50. The molecule has 96 valence electrons. The van der Waals surface area contributed by atoms with Crippen LogP contribution in [0.5, 0.6) is 0 Å². The second-order valence-corrected chi connectivity index (χ2v) is 4.15. The smallest absolute Gasteiger partial charge is 0.224 e.